The van der Waals surface area contributed by atoms with Crippen LogP contribution >= 0.6 is 0 Å². The third kappa shape index (κ3) is 3.74. The summed E-state index contributed by atoms with van der Waals surface area (Å²) in [6, 6.07) is 41.6. The van der Waals surface area contributed by atoms with Gasteiger partial charge in [-0.25, -0.2) is 0 Å². The summed E-state index contributed by atoms with van der Waals surface area (Å²) in [5.41, 5.74) is 7.69. The van der Waals surface area contributed by atoms with Gasteiger partial charge < -0.3 is 9.88 Å². The highest BCUT2D eigenvalue weighted by molar-refractivity contribution is 6.04. The predicted molar refractivity (Wildman–Crippen MR) is 136 cm³/mol. The highest BCUT2D eigenvalue weighted by Crippen LogP contribution is 2.44. The van der Waals surface area contributed by atoms with E-state index in [1.54, 1.807) is 0 Å². The molecule has 1 heterocycles. The number of rotatable bonds is 7. The molecule has 1 N–H and O–H groups in total. The number of nitrogens with one attached hydrogen (secondary N) is 1. The molecule has 4 aromatic carbocycles. The van der Waals surface area contributed by atoms with Gasteiger partial charge in [0.25, 0.3) is 0 Å². The first-order valence-electron chi connectivity index (χ1n) is 11.3. The lowest BCUT2D eigenvalue weighted by molar-refractivity contribution is 0.543. The van der Waals surface area contributed by atoms with E-state index in [0.717, 1.165) is 13.0 Å². The zero-order chi connectivity index (χ0) is 21.8. The minimum absolute atomic E-state index is 0.223. The average Bonchev–Trinajstić information content (AvgIpc) is 3.21. The molecular formula is C30H28N2. The lowest BCUT2D eigenvalue weighted by atomic mass is 9.97. The van der Waals surface area contributed by atoms with Crippen LogP contribution in [-0.2, 0) is 0 Å². The third-order valence-corrected chi connectivity index (χ3v) is 6.18. The Hall–Kier alpha value is -3.62. The van der Waals surface area contributed by atoms with Crippen LogP contribution in [0.1, 0.15) is 18.0 Å². The lowest BCUT2D eigenvalue weighted by Crippen LogP contribution is -2.18. The molecule has 0 spiro atoms. The van der Waals surface area contributed by atoms with Gasteiger partial charge in [0.2, 0.25) is 0 Å². The van der Waals surface area contributed by atoms with Crippen LogP contribution in [0.25, 0.3) is 33.3 Å². The summed E-state index contributed by atoms with van der Waals surface area (Å²) in [6.45, 7) is 0.945. The van der Waals surface area contributed by atoms with E-state index in [-0.39, 0.29) is 6.04 Å². The second-order valence-electron chi connectivity index (χ2n) is 8.16. The molecular weight excluding hydrogens is 388 g/mol. The van der Waals surface area contributed by atoms with Crippen LogP contribution in [0.3, 0.4) is 0 Å². The van der Waals surface area contributed by atoms with Gasteiger partial charge in [-0.05, 0) is 42.8 Å². The van der Waals surface area contributed by atoms with Crippen molar-refractivity contribution >= 4 is 10.9 Å². The Kier molecular flexibility index (Phi) is 5.87. The number of fused-ring (bicyclic) bond motifs is 1. The van der Waals surface area contributed by atoms with Gasteiger partial charge in [-0.2, -0.15) is 0 Å². The number of nitrogens with zero attached hydrogens (tertiary/aromatic N) is 1. The van der Waals surface area contributed by atoms with E-state index < -0.39 is 0 Å². The van der Waals surface area contributed by atoms with Gasteiger partial charge >= 0.3 is 0 Å². The Bertz CT molecular complexity index is 1290. The summed E-state index contributed by atoms with van der Waals surface area (Å²) >= 11 is 0. The predicted octanol–water partition coefficient (Wildman–Crippen LogP) is 7.17. The van der Waals surface area contributed by atoms with Crippen molar-refractivity contribution in [1.82, 2.24) is 9.88 Å². The monoisotopic (exact) mass is 416 g/mol. The molecule has 5 aromatic rings. The zero-order valence-electron chi connectivity index (χ0n) is 18.4. The zero-order valence-corrected chi connectivity index (χ0v) is 18.4. The van der Waals surface area contributed by atoms with E-state index in [1.807, 2.05) is 7.05 Å². The molecule has 2 nitrogen and oxygen atoms in total. The van der Waals surface area contributed by atoms with Crippen molar-refractivity contribution in [1.29, 1.82) is 0 Å². The first kappa shape index (κ1) is 20.3. The van der Waals surface area contributed by atoms with Crippen molar-refractivity contribution in [3.05, 3.63) is 121 Å². The van der Waals surface area contributed by atoms with Crippen molar-refractivity contribution in [3.8, 4) is 22.4 Å². The van der Waals surface area contributed by atoms with Crippen molar-refractivity contribution in [2.24, 2.45) is 0 Å². The van der Waals surface area contributed by atoms with E-state index in [1.165, 1.54) is 38.9 Å². The summed E-state index contributed by atoms with van der Waals surface area (Å²) in [4.78, 5) is 0. The molecule has 0 radical (unpaired) electrons. The molecule has 5 rings (SSSR count). The first-order valence-corrected chi connectivity index (χ1v) is 11.3. The van der Waals surface area contributed by atoms with Gasteiger partial charge in [-0.3, -0.25) is 0 Å². The average molecular weight is 417 g/mol. The van der Waals surface area contributed by atoms with Gasteiger partial charge in [-0.15, -0.1) is 0 Å². The third-order valence-electron chi connectivity index (χ3n) is 6.18. The number of hydrogen-bond acceptors (Lipinski definition) is 1. The Morgan fingerprint density at radius 1 is 0.656 bits per heavy atom. The molecule has 0 saturated carbocycles. The Labute approximate surface area is 190 Å². The number of para-hydroxylation sites is 1. The SMILES string of the molecule is CNCC[C@H](c1ccccc1)n1c(-c2ccccc2)c(-c2ccccc2)c2ccccc21. The van der Waals surface area contributed by atoms with Crippen molar-refractivity contribution in [2.75, 3.05) is 13.6 Å². The summed E-state index contributed by atoms with van der Waals surface area (Å²) < 4.78 is 2.57. The fourth-order valence-electron chi connectivity index (χ4n) is 4.76. The van der Waals surface area contributed by atoms with Crippen LogP contribution < -0.4 is 5.32 Å². The smallest absolute Gasteiger partial charge is 0.0604 e. The highest BCUT2D eigenvalue weighted by Gasteiger charge is 2.25. The molecule has 1 atom stereocenters. The second kappa shape index (κ2) is 9.25. The topological polar surface area (TPSA) is 17.0 Å². The molecule has 0 amide bonds. The lowest BCUT2D eigenvalue weighted by Gasteiger charge is -2.24. The molecule has 1 aromatic heterocycles. The maximum Gasteiger partial charge on any atom is 0.0604 e. The van der Waals surface area contributed by atoms with Gasteiger partial charge in [0.1, 0.15) is 0 Å². The van der Waals surface area contributed by atoms with E-state index >= 15 is 0 Å². The van der Waals surface area contributed by atoms with E-state index in [4.69, 9.17) is 0 Å². The summed E-state index contributed by atoms with van der Waals surface area (Å²) in [5.74, 6) is 0. The Balaban J connectivity index is 1.88. The second-order valence-corrected chi connectivity index (χ2v) is 8.16. The van der Waals surface area contributed by atoms with Gasteiger partial charge in [0, 0.05) is 16.5 Å². The van der Waals surface area contributed by atoms with E-state index in [2.05, 4.69) is 125 Å². The quantitative estimate of drug-likeness (QED) is 0.297. The van der Waals surface area contributed by atoms with Crippen LogP contribution in [0.4, 0.5) is 0 Å². The minimum Gasteiger partial charge on any atom is -0.332 e. The normalized spacial score (nSPS) is 12.2. The van der Waals surface area contributed by atoms with Crippen molar-refractivity contribution in [2.45, 2.75) is 12.5 Å². The van der Waals surface area contributed by atoms with Crippen molar-refractivity contribution < 1.29 is 0 Å². The van der Waals surface area contributed by atoms with E-state index in [0.29, 0.717) is 0 Å². The molecule has 158 valence electrons. The van der Waals surface area contributed by atoms with Gasteiger partial charge in [0.15, 0.2) is 0 Å². The molecule has 0 unspecified atom stereocenters. The van der Waals surface area contributed by atoms with Gasteiger partial charge in [0.05, 0.1) is 11.7 Å². The van der Waals surface area contributed by atoms with E-state index in [9.17, 15) is 0 Å². The first-order chi connectivity index (χ1) is 15.9. The highest BCUT2D eigenvalue weighted by atomic mass is 15.0. The molecule has 2 heteroatoms. The minimum atomic E-state index is 0.223. The molecule has 0 aliphatic carbocycles. The maximum absolute atomic E-state index is 3.37. The summed E-state index contributed by atoms with van der Waals surface area (Å²) in [7, 11) is 2.03. The van der Waals surface area contributed by atoms with Crippen LogP contribution in [0.15, 0.2) is 115 Å². The van der Waals surface area contributed by atoms with Crippen LogP contribution in [0.2, 0.25) is 0 Å². The standard InChI is InChI=1S/C30H28N2/c1-31-22-21-27(23-13-5-2-6-14-23)32-28-20-12-11-19-26(28)29(24-15-7-3-8-16-24)30(32)25-17-9-4-10-18-25/h2-20,27,31H,21-22H2,1H3/t27-/m1/s1. The molecule has 0 aliphatic heterocycles. The van der Waals surface area contributed by atoms with Crippen LogP contribution in [0.5, 0.6) is 0 Å². The molecule has 0 fully saturated rings. The maximum atomic E-state index is 3.37. The summed E-state index contributed by atoms with van der Waals surface area (Å²) in [5, 5.41) is 4.66. The number of benzene rings is 4. The largest absolute Gasteiger partial charge is 0.332 e. The van der Waals surface area contributed by atoms with Crippen LogP contribution in [0, 0.1) is 0 Å². The fraction of sp³-hybridized carbons (Fsp3) is 0.133. The van der Waals surface area contributed by atoms with Crippen molar-refractivity contribution in [3.63, 3.8) is 0 Å². The number of hydrogen-bond donors (Lipinski definition) is 1. The Morgan fingerprint density at radius 2 is 1.22 bits per heavy atom. The molecule has 0 saturated heterocycles. The van der Waals surface area contributed by atoms with Gasteiger partial charge in [-0.1, -0.05) is 109 Å². The summed E-state index contributed by atoms with van der Waals surface area (Å²) in [6.07, 6.45) is 1.01. The van der Waals surface area contributed by atoms with Crippen LogP contribution in [-0.4, -0.2) is 18.2 Å². The number of aromatic nitrogens is 1. The Morgan fingerprint density at radius 3 is 1.88 bits per heavy atom. The fourth-order valence-corrected chi connectivity index (χ4v) is 4.76. The molecule has 0 bridgehead atoms. The molecule has 0 aliphatic rings. The molecule has 32 heavy (non-hydrogen) atoms.